The molecule has 0 heterocycles. The van der Waals surface area contributed by atoms with Gasteiger partial charge in [-0.1, -0.05) is 296 Å². The Hall–Kier alpha value is -4.45. The molecule has 0 radical (unpaired) electrons. The Kier molecular flexibility index (Phi) is 63.3. The minimum Gasteiger partial charge on any atom is -0.462 e. The van der Waals surface area contributed by atoms with Crippen LogP contribution in [0.15, 0.2) is 134 Å². The molecule has 0 aliphatic heterocycles. The van der Waals surface area contributed by atoms with E-state index in [-0.39, 0.29) is 31.1 Å². The lowest BCUT2D eigenvalue weighted by Gasteiger charge is -2.18. The molecule has 1 atom stereocenters. The number of rotatable bonds is 59. The summed E-state index contributed by atoms with van der Waals surface area (Å²) in [4.78, 5) is 38.3. The van der Waals surface area contributed by atoms with Crippen LogP contribution in [0.2, 0.25) is 0 Å². The fraction of sp³-hybridized carbons (Fsp3) is 0.662. The number of esters is 3. The molecule has 6 nitrogen and oxygen atoms in total. The van der Waals surface area contributed by atoms with Crippen molar-refractivity contribution in [2.75, 3.05) is 13.2 Å². The quantitative estimate of drug-likeness (QED) is 0.0261. The standard InChI is InChI=1S/C74H122O6/c1-4-7-10-13-16-19-22-24-26-28-30-32-34-35-36-37-38-39-41-42-44-46-48-50-52-55-58-61-64-67-73(76)79-70-71(69-78-72(75)66-63-60-57-54-21-18-15-12-9-6-3)80-74(77)68-65-62-59-56-53-51-49-47-45-43-40-33-31-29-27-25-23-20-17-14-11-8-5-2/h7-8,10-11,16-17,19-20,24-27,30-33,35-36,38-39,42,44,71H,4-6,9,12-15,18,21-23,28-29,34,37,40-41,43,45-70H2,1-3H3/b10-7-,11-8-,19-16-,20-17-,26-24-,27-25-,32-30-,33-31-,36-35-,39-38-,44-42-. The van der Waals surface area contributed by atoms with Crippen LogP contribution in [0.3, 0.4) is 0 Å². The molecule has 6 heteroatoms. The lowest BCUT2D eigenvalue weighted by atomic mass is 10.0. The van der Waals surface area contributed by atoms with Gasteiger partial charge in [0.05, 0.1) is 0 Å². The molecule has 1 unspecified atom stereocenters. The molecule has 0 N–H and O–H groups in total. The van der Waals surface area contributed by atoms with Crippen LogP contribution in [0, 0.1) is 0 Å². The van der Waals surface area contributed by atoms with Crippen LogP contribution in [-0.4, -0.2) is 37.2 Å². The highest BCUT2D eigenvalue weighted by Gasteiger charge is 2.19. The summed E-state index contributed by atoms with van der Waals surface area (Å²) in [6.45, 7) is 6.40. The maximum absolute atomic E-state index is 12.9. The third-order valence-electron chi connectivity index (χ3n) is 13.9. The molecule has 0 saturated heterocycles. The monoisotopic (exact) mass is 1110 g/mol. The second kappa shape index (κ2) is 67.1. The zero-order chi connectivity index (χ0) is 57.8. The molecule has 0 aliphatic rings. The van der Waals surface area contributed by atoms with E-state index in [9.17, 15) is 14.4 Å². The van der Waals surface area contributed by atoms with E-state index in [0.717, 1.165) is 135 Å². The van der Waals surface area contributed by atoms with Crippen LogP contribution < -0.4 is 0 Å². The topological polar surface area (TPSA) is 78.9 Å². The number of ether oxygens (including phenoxy) is 3. The van der Waals surface area contributed by atoms with Crippen molar-refractivity contribution < 1.29 is 28.6 Å². The van der Waals surface area contributed by atoms with Crippen LogP contribution in [0.4, 0.5) is 0 Å². The van der Waals surface area contributed by atoms with Crippen LogP contribution in [-0.2, 0) is 28.6 Å². The summed E-state index contributed by atoms with van der Waals surface area (Å²) in [5.41, 5.74) is 0. The van der Waals surface area contributed by atoms with Gasteiger partial charge in [0.25, 0.3) is 0 Å². The second-order valence-corrected chi connectivity index (χ2v) is 21.6. The van der Waals surface area contributed by atoms with Crippen molar-refractivity contribution >= 4 is 17.9 Å². The number of allylic oxidation sites excluding steroid dienone is 22. The van der Waals surface area contributed by atoms with Gasteiger partial charge in [0.15, 0.2) is 6.10 Å². The van der Waals surface area contributed by atoms with Crippen molar-refractivity contribution in [2.45, 2.75) is 303 Å². The van der Waals surface area contributed by atoms with Gasteiger partial charge in [0, 0.05) is 19.3 Å². The molecule has 0 aromatic carbocycles. The zero-order valence-electron chi connectivity index (χ0n) is 52.0. The number of hydrogen-bond acceptors (Lipinski definition) is 6. The Bertz CT molecular complexity index is 1700. The van der Waals surface area contributed by atoms with E-state index in [0.29, 0.717) is 19.3 Å². The first-order chi connectivity index (χ1) is 39.5. The maximum atomic E-state index is 12.9. The molecule has 0 rings (SSSR count). The van der Waals surface area contributed by atoms with E-state index in [2.05, 4.69) is 154 Å². The smallest absolute Gasteiger partial charge is 0.306 e. The van der Waals surface area contributed by atoms with Gasteiger partial charge < -0.3 is 14.2 Å². The summed E-state index contributed by atoms with van der Waals surface area (Å²) in [7, 11) is 0. The summed E-state index contributed by atoms with van der Waals surface area (Å²) in [6.07, 6.45) is 94.6. The van der Waals surface area contributed by atoms with Gasteiger partial charge in [-0.3, -0.25) is 14.4 Å². The summed E-state index contributed by atoms with van der Waals surface area (Å²) < 4.78 is 16.9. The highest BCUT2D eigenvalue weighted by molar-refractivity contribution is 5.71. The van der Waals surface area contributed by atoms with Crippen LogP contribution in [0.5, 0.6) is 0 Å². The minimum absolute atomic E-state index is 0.0840. The molecule has 0 amide bonds. The first-order valence-corrected chi connectivity index (χ1v) is 33.2. The van der Waals surface area contributed by atoms with Crippen molar-refractivity contribution in [1.29, 1.82) is 0 Å². The molecule has 0 saturated carbocycles. The van der Waals surface area contributed by atoms with Gasteiger partial charge in [-0.2, -0.15) is 0 Å². The zero-order valence-corrected chi connectivity index (χ0v) is 52.0. The number of carbonyl (C=O) groups is 3. The van der Waals surface area contributed by atoms with Crippen molar-refractivity contribution in [3.8, 4) is 0 Å². The van der Waals surface area contributed by atoms with E-state index in [1.54, 1.807) is 0 Å². The average Bonchev–Trinajstić information content (AvgIpc) is 3.46. The molecule has 0 fully saturated rings. The fourth-order valence-corrected chi connectivity index (χ4v) is 9.00. The molecule has 0 bridgehead atoms. The predicted octanol–water partition coefficient (Wildman–Crippen LogP) is 22.9. The maximum Gasteiger partial charge on any atom is 0.306 e. The van der Waals surface area contributed by atoms with Crippen LogP contribution >= 0.6 is 0 Å². The van der Waals surface area contributed by atoms with E-state index in [4.69, 9.17) is 14.2 Å². The molecule has 0 aromatic rings. The van der Waals surface area contributed by atoms with E-state index >= 15 is 0 Å². The molecule has 0 spiro atoms. The molecular formula is C74H122O6. The highest BCUT2D eigenvalue weighted by atomic mass is 16.6. The lowest BCUT2D eigenvalue weighted by molar-refractivity contribution is -0.167. The van der Waals surface area contributed by atoms with Gasteiger partial charge in [-0.05, 0) is 116 Å². The van der Waals surface area contributed by atoms with E-state index < -0.39 is 6.10 Å². The van der Waals surface area contributed by atoms with Crippen molar-refractivity contribution in [3.05, 3.63) is 134 Å². The largest absolute Gasteiger partial charge is 0.462 e. The van der Waals surface area contributed by atoms with E-state index in [1.165, 1.54) is 122 Å². The Morgan fingerprint density at radius 1 is 0.263 bits per heavy atom. The second-order valence-electron chi connectivity index (χ2n) is 21.6. The van der Waals surface area contributed by atoms with Gasteiger partial charge in [0.2, 0.25) is 0 Å². The van der Waals surface area contributed by atoms with Gasteiger partial charge in [-0.15, -0.1) is 0 Å². The summed E-state index contributed by atoms with van der Waals surface area (Å²) in [5, 5.41) is 0. The fourth-order valence-electron chi connectivity index (χ4n) is 9.00. The van der Waals surface area contributed by atoms with Gasteiger partial charge >= 0.3 is 17.9 Å². The van der Waals surface area contributed by atoms with Crippen molar-refractivity contribution in [1.82, 2.24) is 0 Å². The molecule has 0 aromatic heterocycles. The molecule has 0 aliphatic carbocycles. The van der Waals surface area contributed by atoms with Crippen molar-refractivity contribution in [2.24, 2.45) is 0 Å². The SMILES string of the molecule is CC/C=C\C/C=C\C/C=C\C/C=C\C/C=C\C/C=C\C/C=C\CCCCCCCCCC(=O)OCC(COC(=O)CCCCCCCCCCCC)OC(=O)CCCCCCCCCCCC/C=C\C/C=C\C/C=C\C/C=C\CC. The minimum atomic E-state index is -0.788. The Morgan fingerprint density at radius 2 is 0.487 bits per heavy atom. The Labute approximate surface area is 494 Å². The Balaban J connectivity index is 4.29. The highest BCUT2D eigenvalue weighted by Crippen LogP contribution is 2.16. The lowest BCUT2D eigenvalue weighted by Crippen LogP contribution is -2.30. The number of unbranched alkanes of at least 4 members (excludes halogenated alkanes) is 26. The van der Waals surface area contributed by atoms with Crippen molar-refractivity contribution in [3.63, 3.8) is 0 Å². The Morgan fingerprint density at radius 3 is 0.762 bits per heavy atom. The molecule has 454 valence electrons. The first kappa shape index (κ1) is 75.5. The van der Waals surface area contributed by atoms with Gasteiger partial charge in [0.1, 0.15) is 13.2 Å². The third kappa shape index (κ3) is 64.4. The normalized spacial score (nSPS) is 13.0. The van der Waals surface area contributed by atoms with Crippen LogP contribution in [0.1, 0.15) is 297 Å². The summed E-state index contributed by atoms with van der Waals surface area (Å²) >= 11 is 0. The summed E-state index contributed by atoms with van der Waals surface area (Å²) in [6, 6.07) is 0. The summed E-state index contributed by atoms with van der Waals surface area (Å²) in [5.74, 6) is -0.897. The predicted molar refractivity (Wildman–Crippen MR) is 348 cm³/mol. The average molecular weight is 1110 g/mol. The number of hydrogen-bond donors (Lipinski definition) is 0. The van der Waals surface area contributed by atoms with Gasteiger partial charge in [-0.25, -0.2) is 0 Å². The first-order valence-electron chi connectivity index (χ1n) is 33.2. The van der Waals surface area contributed by atoms with Crippen LogP contribution in [0.25, 0.3) is 0 Å². The number of carbonyl (C=O) groups excluding carboxylic acids is 3. The molecule has 80 heavy (non-hydrogen) atoms. The van der Waals surface area contributed by atoms with E-state index in [1.807, 2.05) is 0 Å². The molecular weight excluding hydrogens is 985 g/mol. The third-order valence-corrected chi connectivity index (χ3v) is 13.9.